The zero-order valence-electron chi connectivity index (χ0n) is 18.2. The van der Waals surface area contributed by atoms with Gasteiger partial charge >= 0.3 is 12.2 Å². The average molecular weight is 461 g/mol. The number of hydrogen-bond acceptors (Lipinski definition) is 4. The largest absolute Gasteiger partial charge is 0.497 e. The molecule has 174 valence electrons. The predicted octanol–water partition coefficient (Wildman–Crippen LogP) is 3.72. The Morgan fingerprint density at radius 2 is 1.85 bits per heavy atom. The van der Waals surface area contributed by atoms with E-state index in [2.05, 4.69) is 5.32 Å². The summed E-state index contributed by atoms with van der Waals surface area (Å²) < 4.78 is 50.0. The topological polar surface area (TPSA) is 71.1 Å². The van der Waals surface area contributed by atoms with E-state index in [1.54, 1.807) is 25.2 Å². The number of halogens is 3. The van der Waals surface area contributed by atoms with Crippen LogP contribution in [0.4, 0.5) is 18.0 Å². The first-order valence-corrected chi connectivity index (χ1v) is 10.1. The molecule has 10 heteroatoms. The Balaban J connectivity index is 1.69. The number of carbonyl (C=O) groups excluding carboxylic acids is 2. The molecule has 2 aliphatic heterocycles. The number of benzene rings is 2. The van der Waals surface area contributed by atoms with Gasteiger partial charge in [-0.3, -0.25) is 9.69 Å². The van der Waals surface area contributed by atoms with Gasteiger partial charge in [0.1, 0.15) is 11.5 Å². The molecule has 2 aliphatic rings. The van der Waals surface area contributed by atoms with Gasteiger partial charge in [0.25, 0.3) is 5.91 Å². The lowest BCUT2D eigenvalue weighted by molar-refractivity contribution is -0.137. The molecule has 4 rings (SSSR count). The highest BCUT2D eigenvalue weighted by Gasteiger charge is 2.44. The molecule has 0 saturated carbocycles. The Morgan fingerprint density at radius 1 is 1.09 bits per heavy atom. The number of hydrogen-bond donors (Lipinski definition) is 1. The maximum atomic E-state index is 13.4. The molecule has 1 atom stereocenters. The molecular formula is C23H22F3N3O4. The zero-order chi connectivity index (χ0) is 23.9. The second kappa shape index (κ2) is 8.34. The summed E-state index contributed by atoms with van der Waals surface area (Å²) in [5.41, 5.74) is 0.939. The lowest BCUT2D eigenvalue weighted by Crippen LogP contribution is -2.45. The predicted molar refractivity (Wildman–Crippen MR) is 112 cm³/mol. The quantitative estimate of drug-likeness (QED) is 0.737. The van der Waals surface area contributed by atoms with Crippen LogP contribution in [0.15, 0.2) is 53.7 Å². The number of carbonyl (C=O) groups is 2. The molecule has 0 aliphatic carbocycles. The summed E-state index contributed by atoms with van der Waals surface area (Å²) >= 11 is 0. The summed E-state index contributed by atoms with van der Waals surface area (Å²) in [6.45, 7) is 0.0663. The third-order valence-electron chi connectivity index (χ3n) is 5.81. The molecule has 3 amide bonds. The van der Waals surface area contributed by atoms with E-state index < -0.39 is 23.8 Å². The van der Waals surface area contributed by atoms with Crippen LogP contribution in [0.2, 0.25) is 0 Å². The number of methoxy groups -OCH3 is 2. The van der Waals surface area contributed by atoms with Gasteiger partial charge in [0.05, 0.1) is 43.6 Å². The zero-order valence-corrected chi connectivity index (χ0v) is 18.2. The molecule has 33 heavy (non-hydrogen) atoms. The molecule has 7 nitrogen and oxygen atoms in total. The van der Waals surface area contributed by atoms with Crippen LogP contribution in [-0.4, -0.2) is 49.6 Å². The van der Waals surface area contributed by atoms with Crippen LogP contribution in [0.3, 0.4) is 0 Å². The van der Waals surface area contributed by atoms with Crippen molar-refractivity contribution in [1.82, 2.24) is 15.1 Å². The maximum absolute atomic E-state index is 13.4. The Kier molecular flexibility index (Phi) is 5.69. The van der Waals surface area contributed by atoms with Crippen LogP contribution in [-0.2, 0) is 17.5 Å². The van der Waals surface area contributed by atoms with Gasteiger partial charge in [-0.15, -0.1) is 0 Å². The van der Waals surface area contributed by atoms with Gasteiger partial charge in [-0.05, 0) is 35.9 Å². The van der Waals surface area contributed by atoms with E-state index in [9.17, 15) is 22.8 Å². The second-order valence-corrected chi connectivity index (χ2v) is 7.77. The van der Waals surface area contributed by atoms with Crippen molar-refractivity contribution < 1.29 is 32.2 Å². The van der Waals surface area contributed by atoms with Gasteiger partial charge in [-0.1, -0.05) is 12.1 Å². The minimum atomic E-state index is -4.48. The summed E-state index contributed by atoms with van der Waals surface area (Å²) in [5.74, 6) is 0.609. The Hall–Kier alpha value is -3.69. The summed E-state index contributed by atoms with van der Waals surface area (Å²) in [5, 5.41) is 2.82. The first kappa shape index (κ1) is 22.5. The van der Waals surface area contributed by atoms with E-state index in [4.69, 9.17) is 9.47 Å². The first-order chi connectivity index (χ1) is 15.6. The molecule has 1 unspecified atom stereocenters. The van der Waals surface area contributed by atoms with Gasteiger partial charge in [-0.25, -0.2) is 4.79 Å². The fourth-order valence-corrected chi connectivity index (χ4v) is 4.12. The smallest absolute Gasteiger partial charge is 0.416 e. The van der Waals surface area contributed by atoms with Gasteiger partial charge in [0.15, 0.2) is 0 Å². The van der Waals surface area contributed by atoms with Gasteiger partial charge in [0, 0.05) is 19.2 Å². The van der Waals surface area contributed by atoms with Crippen LogP contribution < -0.4 is 14.8 Å². The molecule has 0 saturated heterocycles. The van der Waals surface area contributed by atoms with Gasteiger partial charge in [-0.2, -0.15) is 13.2 Å². The summed E-state index contributed by atoms with van der Waals surface area (Å²) in [4.78, 5) is 28.8. The third kappa shape index (κ3) is 4.08. The van der Waals surface area contributed by atoms with Crippen LogP contribution in [0.1, 0.15) is 22.7 Å². The molecule has 2 heterocycles. The molecule has 0 spiro atoms. The van der Waals surface area contributed by atoms with E-state index in [1.165, 1.54) is 36.2 Å². The minimum Gasteiger partial charge on any atom is -0.497 e. The summed E-state index contributed by atoms with van der Waals surface area (Å²) in [6, 6.07) is 8.72. The minimum absolute atomic E-state index is 0.0280. The highest BCUT2D eigenvalue weighted by molar-refractivity contribution is 6.01. The Bertz CT molecular complexity index is 1150. The van der Waals surface area contributed by atoms with Crippen molar-refractivity contribution in [2.75, 3.05) is 27.8 Å². The molecule has 0 fully saturated rings. The number of alkyl halides is 3. The van der Waals surface area contributed by atoms with Crippen molar-refractivity contribution in [3.63, 3.8) is 0 Å². The van der Waals surface area contributed by atoms with Crippen molar-refractivity contribution in [1.29, 1.82) is 0 Å². The number of nitrogens with zero attached hydrogens (tertiary/aromatic N) is 2. The van der Waals surface area contributed by atoms with E-state index in [0.717, 1.165) is 12.1 Å². The van der Waals surface area contributed by atoms with Crippen LogP contribution in [0, 0.1) is 0 Å². The molecule has 0 aromatic heterocycles. The maximum Gasteiger partial charge on any atom is 0.416 e. The van der Waals surface area contributed by atoms with E-state index in [0.29, 0.717) is 33.9 Å². The van der Waals surface area contributed by atoms with Crippen molar-refractivity contribution in [2.24, 2.45) is 0 Å². The molecular weight excluding hydrogens is 439 g/mol. The SMILES string of the molecule is COc1ccc(OC)c(C2NC(=O)N(C)C3=C2C(=O)N(Cc2cccc(C(F)(F)F)c2)C3)c1. The number of ether oxygens (including phenoxy) is 2. The highest BCUT2D eigenvalue weighted by Crippen LogP contribution is 2.40. The normalized spacial score (nSPS) is 18.4. The van der Waals surface area contributed by atoms with Gasteiger partial charge < -0.3 is 19.7 Å². The molecule has 1 N–H and O–H groups in total. The number of nitrogens with one attached hydrogen (secondary N) is 1. The number of urea groups is 1. The molecule has 0 bridgehead atoms. The average Bonchev–Trinajstić information content (AvgIpc) is 3.11. The fraction of sp³-hybridized carbons (Fsp3) is 0.304. The standard InChI is InChI=1S/C23H22F3N3O4/c1-28-17-12-29(11-13-5-4-6-14(9-13)23(24,25)26)21(30)19(17)20(27-22(28)31)16-10-15(32-2)7-8-18(16)33-3/h4-10,20H,11-12H2,1-3H3,(H,27,31). The van der Waals surface area contributed by atoms with E-state index in [-0.39, 0.29) is 19.0 Å². The fourth-order valence-electron chi connectivity index (χ4n) is 4.12. The lowest BCUT2D eigenvalue weighted by Gasteiger charge is -2.31. The van der Waals surface area contributed by atoms with Crippen molar-refractivity contribution in [3.8, 4) is 11.5 Å². The molecule has 2 aromatic rings. The first-order valence-electron chi connectivity index (χ1n) is 10.1. The third-order valence-corrected chi connectivity index (χ3v) is 5.81. The van der Waals surface area contributed by atoms with Crippen molar-refractivity contribution in [2.45, 2.75) is 18.8 Å². The van der Waals surface area contributed by atoms with Crippen LogP contribution >= 0.6 is 0 Å². The second-order valence-electron chi connectivity index (χ2n) is 7.77. The van der Waals surface area contributed by atoms with Gasteiger partial charge in [0.2, 0.25) is 0 Å². The van der Waals surface area contributed by atoms with E-state index >= 15 is 0 Å². The summed E-state index contributed by atoms with van der Waals surface area (Å²) in [6.07, 6.45) is -4.48. The monoisotopic (exact) mass is 461 g/mol. The van der Waals surface area contributed by atoms with Crippen LogP contribution in [0.5, 0.6) is 11.5 Å². The number of amides is 3. The number of likely N-dealkylation sites (N-methyl/N-ethyl adjacent to an activating group) is 1. The number of rotatable bonds is 5. The Labute approximate surface area is 188 Å². The van der Waals surface area contributed by atoms with Crippen molar-refractivity contribution in [3.05, 3.63) is 70.4 Å². The van der Waals surface area contributed by atoms with Crippen molar-refractivity contribution >= 4 is 11.9 Å². The Morgan fingerprint density at radius 3 is 2.52 bits per heavy atom. The van der Waals surface area contributed by atoms with E-state index in [1.807, 2.05) is 0 Å². The van der Waals surface area contributed by atoms with Crippen LogP contribution in [0.25, 0.3) is 0 Å². The lowest BCUT2D eigenvalue weighted by atomic mass is 9.94. The summed E-state index contributed by atoms with van der Waals surface area (Å²) in [7, 11) is 4.53. The highest BCUT2D eigenvalue weighted by atomic mass is 19.4. The molecule has 0 radical (unpaired) electrons. The molecule has 2 aromatic carbocycles.